The zero-order valence-corrected chi connectivity index (χ0v) is 14.4. The Bertz CT molecular complexity index is 478. The van der Waals surface area contributed by atoms with Gasteiger partial charge in [-0.3, -0.25) is 14.4 Å². The van der Waals surface area contributed by atoms with E-state index in [0.29, 0.717) is 6.42 Å². The minimum atomic E-state index is -1.57. The van der Waals surface area contributed by atoms with Crippen molar-refractivity contribution in [3.05, 3.63) is 0 Å². The van der Waals surface area contributed by atoms with Crippen LogP contribution in [0.15, 0.2) is 0 Å². The number of carbonyl (C=O) groups is 4. The number of carboxylic acid groups (broad SMARTS) is 2. The topological polar surface area (TPSA) is 159 Å². The van der Waals surface area contributed by atoms with Crippen LogP contribution in [0, 0.1) is 11.8 Å². The largest absolute Gasteiger partial charge is 0.481 e. The monoisotopic (exact) mass is 345 g/mol. The number of hydrogen-bond donors (Lipinski definition) is 5. The maximum Gasteiger partial charge on any atom is 0.326 e. The number of carboxylic acids is 2. The molecule has 24 heavy (non-hydrogen) atoms. The summed E-state index contributed by atoms with van der Waals surface area (Å²) in [4.78, 5) is 46.0. The lowest BCUT2D eigenvalue weighted by Gasteiger charge is -2.25. The van der Waals surface area contributed by atoms with Gasteiger partial charge in [0, 0.05) is 0 Å². The molecular weight excluding hydrogens is 318 g/mol. The van der Waals surface area contributed by atoms with Crippen molar-refractivity contribution in [3.63, 3.8) is 0 Å². The molecule has 0 aliphatic rings. The van der Waals surface area contributed by atoms with Crippen molar-refractivity contribution in [2.45, 2.75) is 58.7 Å². The number of nitrogens with one attached hydrogen (secondary N) is 2. The second-order valence-electron chi connectivity index (χ2n) is 6.46. The zero-order chi connectivity index (χ0) is 19.0. The van der Waals surface area contributed by atoms with Crippen LogP contribution in [0.3, 0.4) is 0 Å². The van der Waals surface area contributed by atoms with Crippen molar-refractivity contribution in [2.75, 3.05) is 0 Å². The number of hydrogen-bond acceptors (Lipinski definition) is 5. The zero-order valence-electron chi connectivity index (χ0n) is 14.4. The van der Waals surface area contributed by atoms with Crippen LogP contribution in [0.4, 0.5) is 0 Å². The first-order chi connectivity index (χ1) is 11.0. The summed E-state index contributed by atoms with van der Waals surface area (Å²) in [6.07, 6.45) is -0.318. The van der Waals surface area contributed by atoms with Gasteiger partial charge in [-0.25, -0.2) is 4.79 Å². The fourth-order valence-corrected chi connectivity index (χ4v) is 2.05. The molecule has 0 radical (unpaired) electrons. The number of aliphatic carboxylic acids is 2. The van der Waals surface area contributed by atoms with Crippen LogP contribution in [-0.4, -0.2) is 52.1 Å². The highest BCUT2D eigenvalue weighted by molar-refractivity contribution is 5.92. The van der Waals surface area contributed by atoms with E-state index in [4.69, 9.17) is 15.9 Å². The Hall–Kier alpha value is -2.16. The van der Waals surface area contributed by atoms with E-state index in [2.05, 4.69) is 10.6 Å². The fraction of sp³-hybridized carbons (Fsp3) is 0.733. The van der Waals surface area contributed by atoms with E-state index in [-0.39, 0.29) is 11.8 Å². The molecule has 138 valence electrons. The van der Waals surface area contributed by atoms with Crippen LogP contribution in [0.1, 0.15) is 40.5 Å². The quantitative estimate of drug-likeness (QED) is 0.358. The van der Waals surface area contributed by atoms with E-state index >= 15 is 0 Å². The number of rotatable bonds is 10. The first kappa shape index (κ1) is 21.8. The molecule has 9 heteroatoms. The maximum atomic E-state index is 12.2. The summed E-state index contributed by atoms with van der Waals surface area (Å²) < 4.78 is 0. The van der Waals surface area contributed by atoms with Crippen LogP contribution in [0.5, 0.6) is 0 Å². The van der Waals surface area contributed by atoms with Crippen molar-refractivity contribution in [2.24, 2.45) is 17.6 Å². The number of amides is 2. The summed E-state index contributed by atoms with van der Waals surface area (Å²) in [7, 11) is 0. The lowest BCUT2D eigenvalue weighted by atomic mass is 10.00. The molecule has 0 aromatic heterocycles. The molecule has 0 aromatic rings. The highest BCUT2D eigenvalue weighted by Crippen LogP contribution is 2.07. The van der Waals surface area contributed by atoms with Crippen molar-refractivity contribution >= 4 is 23.8 Å². The molecule has 0 fully saturated rings. The number of carbonyl (C=O) groups excluding carboxylic acids is 2. The van der Waals surface area contributed by atoms with Crippen molar-refractivity contribution < 1.29 is 29.4 Å². The smallest absolute Gasteiger partial charge is 0.326 e. The third kappa shape index (κ3) is 7.91. The second-order valence-corrected chi connectivity index (χ2v) is 6.46. The van der Waals surface area contributed by atoms with Gasteiger partial charge in [-0.05, 0) is 18.3 Å². The summed E-state index contributed by atoms with van der Waals surface area (Å²) >= 11 is 0. The summed E-state index contributed by atoms with van der Waals surface area (Å²) in [5.74, 6) is -4.22. The third-order valence-corrected chi connectivity index (χ3v) is 3.30. The van der Waals surface area contributed by atoms with E-state index in [0.717, 1.165) is 0 Å². The van der Waals surface area contributed by atoms with Crippen LogP contribution in [-0.2, 0) is 19.2 Å². The van der Waals surface area contributed by atoms with Gasteiger partial charge in [-0.15, -0.1) is 0 Å². The predicted molar refractivity (Wildman–Crippen MR) is 86.0 cm³/mol. The van der Waals surface area contributed by atoms with Crippen molar-refractivity contribution in [1.82, 2.24) is 10.6 Å². The van der Waals surface area contributed by atoms with Gasteiger partial charge in [-0.1, -0.05) is 27.7 Å². The molecule has 0 bridgehead atoms. The Kier molecular flexibility index (Phi) is 8.97. The van der Waals surface area contributed by atoms with E-state index in [1.807, 2.05) is 13.8 Å². The van der Waals surface area contributed by atoms with Gasteiger partial charge in [0.25, 0.3) is 0 Å². The average Bonchev–Trinajstić information content (AvgIpc) is 2.41. The molecule has 0 aromatic carbocycles. The van der Waals surface area contributed by atoms with Gasteiger partial charge in [0.05, 0.1) is 12.5 Å². The summed E-state index contributed by atoms with van der Waals surface area (Å²) in [5, 5.41) is 22.3. The molecule has 0 saturated heterocycles. The predicted octanol–water partition coefficient (Wildman–Crippen LogP) is -0.455. The van der Waals surface area contributed by atoms with Gasteiger partial charge in [0.1, 0.15) is 12.1 Å². The van der Waals surface area contributed by atoms with Crippen LogP contribution in [0.2, 0.25) is 0 Å². The molecule has 0 aliphatic heterocycles. The lowest BCUT2D eigenvalue weighted by Crippen LogP contribution is -2.56. The Morgan fingerprint density at radius 2 is 1.50 bits per heavy atom. The highest BCUT2D eigenvalue weighted by Gasteiger charge is 2.30. The standard InChI is InChI=1S/C15H27N3O6/c1-7(2)5-9(16)13(21)18-12(8(3)4)14(22)17-10(15(23)24)6-11(19)20/h7-10,12H,5-6,16H2,1-4H3,(H,17,22)(H,18,21)(H,19,20)(H,23,24). The first-order valence-electron chi connectivity index (χ1n) is 7.76. The summed E-state index contributed by atoms with van der Waals surface area (Å²) in [6.45, 7) is 7.16. The van der Waals surface area contributed by atoms with Crippen LogP contribution in [0.25, 0.3) is 0 Å². The molecule has 0 aliphatic carbocycles. The van der Waals surface area contributed by atoms with E-state index in [1.54, 1.807) is 13.8 Å². The Labute approximate surface area is 141 Å². The molecule has 6 N–H and O–H groups in total. The first-order valence-corrected chi connectivity index (χ1v) is 7.76. The van der Waals surface area contributed by atoms with Gasteiger partial charge in [0.15, 0.2) is 0 Å². The van der Waals surface area contributed by atoms with Gasteiger partial charge < -0.3 is 26.6 Å². The third-order valence-electron chi connectivity index (χ3n) is 3.30. The molecule has 3 unspecified atom stereocenters. The lowest BCUT2D eigenvalue weighted by molar-refractivity contribution is -0.147. The normalized spacial score (nSPS) is 14.8. The van der Waals surface area contributed by atoms with Crippen molar-refractivity contribution in [3.8, 4) is 0 Å². The van der Waals surface area contributed by atoms with E-state index in [9.17, 15) is 19.2 Å². The maximum absolute atomic E-state index is 12.2. The molecule has 0 spiro atoms. The molecule has 0 rings (SSSR count). The molecular formula is C15H27N3O6. The molecule has 0 saturated carbocycles. The van der Waals surface area contributed by atoms with Gasteiger partial charge in [0.2, 0.25) is 11.8 Å². The van der Waals surface area contributed by atoms with Gasteiger partial charge >= 0.3 is 11.9 Å². The Morgan fingerprint density at radius 3 is 1.88 bits per heavy atom. The molecule has 2 amide bonds. The summed E-state index contributed by atoms with van der Waals surface area (Å²) in [6, 6.07) is -3.36. The van der Waals surface area contributed by atoms with Crippen molar-refractivity contribution in [1.29, 1.82) is 0 Å². The highest BCUT2D eigenvalue weighted by atomic mass is 16.4. The average molecular weight is 345 g/mol. The van der Waals surface area contributed by atoms with Crippen LogP contribution >= 0.6 is 0 Å². The second kappa shape index (κ2) is 9.86. The molecule has 0 heterocycles. The molecule has 3 atom stereocenters. The number of nitrogens with two attached hydrogens (primary N) is 1. The van der Waals surface area contributed by atoms with Crippen LogP contribution < -0.4 is 16.4 Å². The minimum absolute atomic E-state index is 0.198. The fourth-order valence-electron chi connectivity index (χ4n) is 2.05. The minimum Gasteiger partial charge on any atom is -0.481 e. The SMILES string of the molecule is CC(C)CC(N)C(=O)NC(C(=O)NC(CC(=O)O)C(=O)O)C(C)C. The van der Waals surface area contributed by atoms with Gasteiger partial charge in [-0.2, -0.15) is 0 Å². The molecule has 9 nitrogen and oxygen atoms in total. The Morgan fingerprint density at radius 1 is 0.958 bits per heavy atom. The van der Waals surface area contributed by atoms with E-state index in [1.165, 1.54) is 0 Å². The van der Waals surface area contributed by atoms with E-state index < -0.39 is 48.3 Å². The Balaban J connectivity index is 4.97. The summed E-state index contributed by atoms with van der Waals surface area (Å²) in [5.41, 5.74) is 5.77.